The molecule has 4 rings (SSSR count). The molecule has 0 aliphatic heterocycles. The number of carbonyl (C=O) groups is 1. The molecular formula is C24H18N6O. The van der Waals surface area contributed by atoms with E-state index < -0.39 is 11.8 Å². The average molecular weight is 406 g/mol. The highest BCUT2D eigenvalue weighted by atomic mass is 16.1. The van der Waals surface area contributed by atoms with Gasteiger partial charge in [-0.1, -0.05) is 12.1 Å². The largest absolute Gasteiger partial charge is 0.369 e. The molecule has 3 aromatic heterocycles. The summed E-state index contributed by atoms with van der Waals surface area (Å²) in [6.45, 7) is 1.89. The van der Waals surface area contributed by atoms with Crippen LogP contribution in [-0.2, 0) is 4.79 Å². The Hall–Kier alpha value is -4.44. The molecule has 0 radical (unpaired) electrons. The molecule has 1 atom stereocenters. The molecule has 2 N–H and O–H groups in total. The van der Waals surface area contributed by atoms with Crippen LogP contribution in [0, 0.1) is 18.3 Å². The van der Waals surface area contributed by atoms with E-state index in [1.807, 2.05) is 37.3 Å². The fraction of sp³-hybridized carbons (Fsp3) is 0.0833. The van der Waals surface area contributed by atoms with E-state index in [0.717, 1.165) is 22.4 Å². The minimum Gasteiger partial charge on any atom is -0.369 e. The zero-order valence-corrected chi connectivity index (χ0v) is 16.7. The van der Waals surface area contributed by atoms with Gasteiger partial charge in [-0.3, -0.25) is 14.8 Å². The van der Waals surface area contributed by atoms with Crippen LogP contribution in [0.1, 0.15) is 28.4 Å². The molecule has 0 aliphatic rings. The van der Waals surface area contributed by atoms with Gasteiger partial charge in [0.05, 0.1) is 23.0 Å². The van der Waals surface area contributed by atoms with E-state index in [2.05, 4.69) is 26.2 Å². The first-order chi connectivity index (χ1) is 15.1. The van der Waals surface area contributed by atoms with E-state index in [9.17, 15) is 10.1 Å². The maximum absolute atomic E-state index is 12.3. The standard InChI is InChI=1S/C24H18N6O/c1-15-11-16(8-10-27-15)20-6-4-17(12-19(20)13-25)23(24(26)31)22-7-5-18(14-28-22)21-3-2-9-29-30-21/h2-12,14,23H,1H3,(H2,26,31). The van der Waals surface area contributed by atoms with Gasteiger partial charge in [0, 0.05) is 29.8 Å². The topological polar surface area (TPSA) is 118 Å². The number of pyridine rings is 2. The minimum atomic E-state index is -0.781. The highest BCUT2D eigenvalue weighted by Gasteiger charge is 2.23. The number of amides is 1. The van der Waals surface area contributed by atoms with E-state index in [1.165, 1.54) is 0 Å². The van der Waals surface area contributed by atoms with E-state index in [-0.39, 0.29) is 0 Å². The SMILES string of the molecule is Cc1cc(-c2ccc(C(C(N)=O)c3ccc(-c4cccnn4)cn3)cc2C#N)ccn1. The normalized spacial score (nSPS) is 11.5. The lowest BCUT2D eigenvalue weighted by molar-refractivity contribution is -0.118. The van der Waals surface area contributed by atoms with Gasteiger partial charge in [0.15, 0.2) is 0 Å². The van der Waals surface area contributed by atoms with Crippen LogP contribution in [-0.4, -0.2) is 26.1 Å². The van der Waals surface area contributed by atoms with Crippen LogP contribution < -0.4 is 5.73 Å². The first-order valence-corrected chi connectivity index (χ1v) is 9.57. The van der Waals surface area contributed by atoms with Crippen LogP contribution >= 0.6 is 0 Å². The summed E-state index contributed by atoms with van der Waals surface area (Å²) in [4.78, 5) is 21.0. The molecule has 0 saturated carbocycles. The number of nitrogens with two attached hydrogens (primary N) is 1. The lowest BCUT2D eigenvalue weighted by atomic mass is 9.90. The zero-order valence-electron chi connectivity index (χ0n) is 16.7. The second-order valence-corrected chi connectivity index (χ2v) is 7.02. The number of hydrogen-bond donors (Lipinski definition) is 1. The van der Waals surface area contributed by atoms with Gasteiger partial charge in [-0.05, 0) is 66.1 Å². The van der Waals surface area contributed by atoms with Gasteiger partial charge in [-0.15, -0.1) is 0 Å². The van der Waals surface area contributed by atoms with Crippen LogP contribution in [0.4, 0.5) is 0 Å². The first-order valence-electron chi connectivity index (χ1n) is 9.57. The predicted molar refractivity (Wildman–Crippen MR) is 115 cm³/mol. The fourth-order valence-electron chi connectivity index (χ4n) is 3.46. The summed E-state index contributed by atoms with van der Waals surface area (Å²) in [6, 6.07) is 18.5. The molecule has 1 unspecified atom stereocenters. The number of aromatic nitrogens is 4. The number of primary amides is 1. The highest BCUT2D eigenvalue weighted by Crippen LogP contribution is 2.30. The van der Waals surface area contributed by atoms with Crippen LogP contribution in [0.5, 0.6) is 0 Å². The Bertz CT molecular complexity index is 1280. The molecule has 0 fully saturated rings. The van der Waals surface area contributed by atoms with Crippen LogP contribution in [0.3, 0.4) is 0 Å². The molecule has 0 spiro atoms. The van der Waals surface area contributed by atoms with Crippen LogP contribution in [0.2, 0.25) is 0 Å². The Labute approximate surface area is 179 Å². The molecule has 7 heteroatoms. The van der Waals surface area contributed by atoms with Gasteiger partial charge in [-0.25, -0.2) is 0 Å². The van der Waals surface area contributed by atoms with Crippen molar-refractivity contribution in [3.8, 4) is 28.5 Å². The van der Waals surface area contributed by atoms with Crippen molar-refractivity contribution in [3.05, 3.63) is 95.7 Å². The monoisotopic (exact) mass is 406 g/mol. The van der Waals surface area contributed by atoms with E-state index in [1.54, 1.807) is 42.9 Å². The fourth-order valence-corrected chi connectivity index (χ4v) is 3.46. The minimum absolute atomic E-state index is 0.450. The molecule has 7 nitrogen and oxygen atoms in total. The number of hydrogen-bond acceptors (Lipinski definition) is 6. The van der Waals surface area contributed by atoms with Gasteiger partial charge in [-0.2, -0.15) is 15.5 Å². The number of carbonyl (C=O) groups excluding carboxylic acids is 1. The average Bonchev–Trinajstić information content (AvgIpc) is 2.80. The van der Waals surface area contributed by atoms with Gasteiger partial charge in [0.25, 0.3) is 0 Å². The van der Waals surface area contributed by atoms with Gasteiger partial charge < -0.3 is 5.73 Å². The summed E-state index contributed by atoms with van der Waals surface area (Å²) in [5.41, 5.74) is 11.2. The number of nitrogens with zero attached hydrogens (tertiary/aromatic N) is 5. The molecule has 1 amide bonds. The van der Waals surface area contributed by atoms with E-state index in [4.69, 9.17) is 5.73 Å². The number of benzene rings is 1. The Morgan fingerprint density at radius 2 is 1.90 bits per heavy atom. The van der Waals surface area contributed by atoms with E-state index in [0.29, 0.717) is 22.5 Å². The Kier molecular flexibility index (Phi) is 5.45. The van der Waals surface area contributed by atoms with Crippen LogP contribution in [0.15, 0.2) is 73.2 Å². The lowest BCUT2D eigenvalue weighted by Gasteiger charge is -2.15. The number of nitriles is 1. The summed E-state index contributed by atoms with van der Waals surface area (Å²) >= 11 is 0. The van der Waals surface area contributed by atoms with Crippen molar-refractivity contribution in [2.45, 2.75) is 12.8 Å². The molecule has 0 saturated heterocycles. The van der Waals surface area contributed by atoms with Crippen molar-refractivity contribution in [1.29, 1.82) is 5.26 Å². The van der Waals surface area contributed by atoms with Crippen LogP contribution in [0.25, 0.3) is 22.4 Å². The molecule has 3 heterocycles. The van der Waals surface area contributed by atoms with Crippen molar-refractivity contribution in [3.63, 3.8) is 0 Å². The summed E-state index contributed by atoms with van der Waals surface area (Å²) in [6.07, 6.45) is 4.93. The summed E-state index contributed by atoms with van der Waals surface area (Å²) in [5.74, 6) is -1.33. The van der Waals surface area contributed by atoms with Gasteiger partial charge >= 0.3 is 0 Å². The number of aryl methyl sites for hydroxylation is 1. The second kappa shape index (κ2) is 8.51. The Morgan fingerprint density at radius 1 is 1.03 bits per heavy atom. The maximum Gasteiger partial charge on any atom is 0.231 e. The zero-order chi connectivity index (χ0) is 21.8. The second-order valence-electron chi connectivity index (χ2n) is 7.02. The Balaban J connectivity index is 1.72. The summed E-state index contributed by atoms with van der Waals surface area (Å²) in [5, 5.41) is 17.6. The maximum atomic E-state index is 12.3. The molecule has 0 aliphatic carbocycles. The van der Waals surface area contributed by atoms with E-state index >= 15 is 0 Å². The van der Waals surface area contributed by atoms with Gasteiger partial charge in [0.1, 0.15) is 5.92 Å². The van der Waals surface area contributed by atoms with Crippen molar-refractivity contribution in [2.75, 3.05) is 0 Å². The predicted octanol–water partition coefficient (Wildman–Crippen LogP) is 3.40. The smallest absolute Gasteiger partial charge is 0.231 e. The lowest BCUT2D eigenvalue weighted by Crippen LogP contribution is -2.23. The summed E-state index contributed by atoms with van der Waals surface area (Å²) in [7, 11) is 0. The van der Waals surface area contributed by atoms with Crippen molar-refractivity contribution in [1.82, 2.24) is 20.2 Å². The van der Waals surface area contributed by atoms with Crippen molar-refractivity contribution in [2.24, 2.45) is 5.73 Å². The molecule has 31 heavy (non-hydrogen) atoms. The molecule has 0 bridgehead atoms. The third kappa shape index (κ3) is 4.14. The first kappa shape index (κ1) is 19.9. The molecule has 150 valence electrons. The van der Waals surface area contributed by atoms with Crippen molar-refractivity contribution < 1.29 is 4.79 Å². The molecule has 4 aromatic rings. The van der Waals surface area contributed by atoms with Gasteiger partial charge in [0.2, 0.25) is 5.91 Å². The third-order valence-corrected chi connectivity index (χ3v) is 4.94. The summed E-state index contributed by atoms with van der Waals surface area (Å²) < 4.78 is 0. The Morgan fingerprint density at radius 3 is 2.55 bits per heavy atom. The highest BCUT2D eigenvalue weighted by molar-refractivity contribution is 5.86. The molecule has 1 aromatic carbocycles. The number of rotatable bonds is 5. The third-order valence-electron chi connectivity index (χ3n) is 4.94. The quantitative estimate of drug-likeness (QED) is 0.543. The molecular weight excluding hydrogens is 388 g/mol. The van der Waals surface area contributed by atoms with Crippen molar-refractivity contribution >= 4 is 5.91 Å².